The summed E-state index contributed by atoms with van der Waals surface area (Å²) < 4.78 is 40.6. The Labute approximate surface area is 183 Å². The SMILES string of the molecule is O=C1CCC(N2Cc3ccc(CNCC(N4CCNCC4)C(F)(F)F)cc3C2=O)C(=O)N1. The first-order chi connectivity index (χ1) is 15.2. The van der Waals surface area contributed by atoms with Crippen LogP contribution >= 0.6 is 0 Å². The van der Waals surface area contributed by atoms with E-state index in [1.807, 2.05) is 0 Å². The fourth-order valence-electron chi connectivity index (χ4n) is 4.51. The molecule has 0 aromatic heterocycles. The van der Waals surface area contributed by atoms with Gasteiger partial charge < -0.3 is 15.5 Å². The highest BCUT2D eigenvalue weighted by molar-refractivity contribution is 6.05. The molecule has 32 heavy (non-hydrogen) atoms. The second-order valence-corrected chi connectivity index (χ2v) is 8.37. The van der Waals surface area contributed by atoms with Gasteiger partial charge in [-0.15, -0.1) is 0 Å². The predicted molar refractivity (Wildman–Crippen MR) is 108 cm³/mol. The van der Waals surface area contributed by atoms with Gasteiger partial charge in [-0.3, -0.25) is 24.6 Å². The number of nitrogens with one attached hydrogen (secondary N) is 3. The minimum atomic E-state index is -4.33. The van der Waals surface area contributed by atoms with E-state index in [1.54, 1.807) is 18.2 Å². The van der Waals surface area contributed by atoms with E-state index in [9.17, 15) is 27.6 Å². The van der Waals surface area contributed by atoms with Gasteiger partial charge in [0.05, 0.1) is 0 Å². The molecule has 3 N–H and O–H groups in total. The number of rotatable bonds is 6. The van der Waals surface area contributed by atoms with Crippen LogP contribution < -0.4 is 16.0 Å². The van der Waals surface area contributed by atoms with E-state index >= 15 is 0 Å². The number of imide groups is 1. The van der Waals surface area contributed by atoms with Crippen LogP contribution in [0.5, 0.6) is 0 Å². The van der Waals surface area contributed by atoms with E-state index in [2.05, 4.69) is 16.0 Å². The minimum absolute atomic E-state index is 0.180. The molecule has 11 heteroatoms. The number of hydrogen-bond acceptors (Lipinski definition) is 6. The van der Waals surface area contributed by atoms with Crippen molar-refractivity contribution in [1.82, 2.24) is 25.8 Å². The molecule has 2 fully saturated rings. The Morgan fingerprint density at radius 2 is 1.91 bits per heavy atom. The molecule has 0 saturated carbocycles. The van der Waals surface area contributed by atoms with Crippen LogP contribution in [0.3, 0.4) is 0 Å². The molecule has 3 aliphatic heterocycles. The third-order valence-corrected chi connectivity index (χ3v) is 6.23. The maximum Gasteiger partial charge on any atom is 0.405 e. The molecule has 174 valence electrons. The fraction of sp³-hybridized carbons (Fsp3) is 0.571. The molecule has 3 heterocycles. The number of halogens is 3. The number of nitrogens with zero attached hydrogens (tertiary/aromatic N) is 2. The van der Waals surface area contributed by atoms with Crippen LogP contribution in [-0.2, 0) is 22.7 Å². The third kappa shape index (κ3) is 4.79. The summed E-state index contributed by atoms with van der Waals surface area (Å²) in [6.07, 6.45) is -3.87. The lowest BCUT2D eigenvalue weighted by Crippen LogP contribution is -2.57. The highest BCUT2D eigenvalue weighted by atomic mass is 19.4. The summed E-state index contributed by atoms with van der Waals surface area (Å²) in [5, 5.41) is 8.21. The van der Waals surface area contributed by atoms with Crippen LogP contribution in [0.1, 0.15) is 34.3 Å². The van der Waals surface area contributed by atoms with E-state index in [0.29, 0.717) is 37.3 Å². The van der Waals surface area contributed by atoms with Crippen LogP contribution in [-0.4, -0.2) is 78.5 Å². The summed E-state index contributed by atoms with van der Waals surface area (Å²) in [4.78, 5) is 39.3. The fourth-order valence-corrected chi connectivity index (χ4v) is 4.51. The number of hydrogen-bond donors (Lipinski definition) is 3. The van der Waals surface area contributed by atoms with Crippen LogP contribution in [0, 0.1) is 0 Å². The minimum Gasteiger partial charge on any atom is -0.322 e. The molecule has 1 aromatic carbocycles. The van der Waals surface area contributed by atoms with Crippen LogP contribution in [0.25, 0.3) is 0 Å². The zero-order valence-electron chi connectivity index (χ0n) is 17.5. The second-order valence-electron chi connectivity index (χ2n) is 8.37. The molecule has 3 aliphatic rings. The first-order valence-corrected chi connectivity index (χ1v) is 10.7. The van der Waals surface area contributed by atoms with Crippen LogP contribution in [0.15, 0.2) is 18.2 Å². The molecule has 0 aliphatic carbocycles. The number of fused-ring (bicyclic) bond motifs is 1. The maximum absolute atomic E-state index is 13.5. The van der Waals surface area contributed by atoms with Crippen molar-refractivity contribution < 1.29 is 27.6 Å². The van der Waals surface area contributed by atoms with Gasteiger partial charge >= 0.3 is 6.18 Å². The summed E-state index contributed by atoms with van der Waals surface area (Å²) >= 11 is 0. The number of carbonyl (C=O) groups is 3. The van der Waals surface area contributed by atoms with Crippen molar-refractivity contribution in [2.75, 3.05) is 32.7 Å². The van der Waals surface area contributed by atoms with Crippen molar-refractivity contribution in [1.29, 1.82) is 0 Å². The molecular weight excluding hydrogens is 427 g/mol. The Balaban J connectivity index is 1.38. The highest BCUT2D eigenvalue weighted by Gasteiger charge is 2.43. The number of piperazine rings is 1. The third-order valence-electron chi connectivity index (χ3n) is 6.23. The molecule has 3 amide bonds. The first kappa shape index (κ1) is 22.7. The van der Waals surface area contributed by atoms with Gasteiger partial charge in [-0.2, -0.15) is 13.2 Å². The zero-order valence-corrected chi connectivity index (χ0v) is 17.5. The Morgan fingerprint density at radius 1 is 1.16 bits per heavy atom. The number of piperidine rings is 1. The van der Waals surface area contributed by atoms with Crippen molar-refractivity contribution in [3.8, 4) is 0 Å². The second kappa shape index (κ2) is 9.16. The first-order valence-electron chi connectivity index (χ1n) is 10.7. The van der Waals surface area contributed by atoms with E-state index in [0.717, 1.165) is 5.56 Å². The summed E-state index contributed by atoms with van der Waals surface area (Å²) in [6.45, 7) is 1.97. The Hall–Kier alpha value is -2.50. The summed E-state index contributed by atoms with van der Waals surface area (Å²) in [5.74, 6) is -1.12. The highest BCUT2D eigenvalue weighted by Crippen LogP contribution is 2.28. The largest absolute Gasteiger partial charge is 0.405 e. The molecule has 8 nitrogen and oxygen atoms in total. The van der Waals surface area contributed by atoms with Gasteiger partial charge in [-0.1, -0.05) is 12.1 Å². The van der Waals surface area contributed by atoms with Crippen molar-refractivity contribution >= 4 is 17.7 Å². The summed E-state index contributed by atoms with van der Waals surface area (Å²) in [7, 11) is 0. The molecule has 0 bridgehead atoms. The Morgan fingerprint density at radius 3 is 2.59 bits per heavy atom. The molecule has 0 radical (unpaired) electrons. The lowest BCUT2D eigenvalue weighted by atomic mass is 10.0. The number of alkyl halides is 3. The molecule has 4 rings (SSSR count). The molecule has 0 spiro atoms. The van der Waals surface area contributed by atoms with Crippen molar-refractivity contribution in [3.05, 3.63) is 34.9 Å². The van der Waals surface area contributed by atoms with Gasteiger partial charge in [-0.25, -0.2) is 0 Å². The average Bonchev–Trinajstić information content (AvgIpc) is 3.07. The topological polar surface area (TPSA) is 93.8 Å². The van der Waals surface area contributed by atoms with Gasteiger partial charge in [0.2, 0.25) is 11.8 Å². The molecule has 2 saturated heterocycles. The van der Waals surface area contributed by atoms with E-state index in [-0.39, 0.29) is 44.3 Å². The zero-order chi connectivity index (χ0) is 22.9. The van der Waals surface area contributed by atoms with Gasteiger partial charge in [0.25, 0.3) is 5.91 Å². The van der Waals surface area contributed by atoms with Gasteiger partial charge in [-0.05, 0) is 23.6 Å². The van der Waals surface area contributed by atoms with Crippen molar-refractivity contribution in [3.63, 3.8) is 0 Å². The standard InChI is InChI=1S/C21H26F3N5O3/c22-21(23,24)17(28-7-5-25-6-8-28)11-26-10-13-1-2-14-12-29(20(32)15(14)9-13)16-3-4-18(30)27-19(16)31/h1-2,9,16-17,25-26H,3-8,10-12H2,(H,27,30,31). The number of amides is 3. The van der Waals surface area contributed by atoms with E-state index < -0.39 is 24.2 Å². The monoisotopic (exact) mass is 453 g/mol. The van der Waals surface area contributed by atoms with Crippen molar-refractivity contribution in [2.24, 2.45) is 0 Å². The lowest BCUT2D eigenvalue weighted by Gasteiger charge is -2.36. The van der Waals surface area contributed by atoms with Gasteiger partial charge in [0, 0.05) is 57.8 Å². The van der Waals surface area contributed by atoms with Gasteiger partial charge in [0.1, 0.15) is 12.1 Å². The van der Waals surface area contributed by atoms with E-state index in [1.165, 1.54) is 9.80 Å². The number of carbonyl (C=O) groups excluding carboxylic acids is 3. The van der Waals surface area contributed by atoms with Gasteiger partial charge in [0.15, 0.2) is 0 Å². The number of benzene rings is 1. The molecular formula is C21H26F3N5O3. The molecule has 1 aromatic rings. The predicted octanol–water partition coefficient (Wildman–Crippen LogP) is 0.373. The van der Waals surface area contributed by atoms with Crippen LogP contribution in [0.4, 0.5) is 13.2 Å². The van der Waals surface area contributed by atoms with E-state index in [4.69, 9.17) is 0 Å². The normalized spacial score (nSPS) is 23.3. The Bertz CT molecular complexity index is 901. The summed E-state index contributed by atoms with van der Waals surface area (Å²) in [6, 6.07) is 2.96. The lowest BCUT2D eigenvalue weighted by molar-refractivity contribution is -0.183. The summed E-state index contributed by atoms with van der Waals surface area (Å²) in [5.41, 5.74) is 1.91. The van der Waals surface area contributed by atoms with Crippen molar-refractivity contribution in [2.45, 2.75) is 44.2 Å². The maximum atomic E-state index is 13.5. The molecule has 2 unspecified atom stereocenters. The molecule has 2 atom stereocenters. The Kier molecular flexibility index (Phi) is 6.50. The average molecular weight is 453 g/mol. The smallest absolute Gasteiger partial charge is 0.322 e. The van der Waals surface area contributed by atoms with Crippen LogP contribution in [0.2, 0.25) is 0 Å². The quantitative estimate of drug-likeness (QED) is 0.539.